The molecular weight excluding hydrogens is 289 g/mol. The molecule has 5 nitrogen and oxygen atoms in total. The third-order valence-corrected chi connectivity index (χ3v) is 4.80. The standard InChI is InChI=1S/C14H14FN5S/c15-9-2-1-8-5-12(21-11(8)6-9)13-17-14(19-18-13)20-4-3-10(16)7-20/h1-2,5-6,10H,3-4,7,16H2,(H,17,18,19). The van der Waals surface area contributed by atoms with Crippen molar-refractivity contribution in [1.29, 1.82) is 0 Å². The van der Waals surface area contributed by atoms with Gasteiger partial charge in [0.05, 0.1) is 4.88 Å². The molecule has 1 atom stereocenters. The highest BCUT2D eigenvalue weighted by Gasteiger charge is 2.22. The molecule has 3 aromatic rings. The Balaban J connectivity index is 1.67. The summed E-state index contributed by atoms with van der Waals surface area (Å²) in [5, 5.41) is 8.24. The monoisotopic (exact) mass is 303 g/mol. The van der Waals surface area contributed by atoms with E-state index in [1.165, 1.54) is 17.4 Å². The highest BCUT2D eigenvalue weighted by molar-refractivity contribution is 7.22. The summed E-state index contributed by atoms with van der Waals surface area (Å²) in [4.78, 5) is 7.57. The van der Waals surface area contributed by atoms with E-state index in [0.29, 0.717) is 11.8 Å². The number of aromatic nitrogens is 3. The van der Waals surface area contributed by atoms with Crippen molar-refractivity contribution in [3.05, 3.63) is 30.1 Å². The van der Waals surface area contributed by atoms with Crippen LogP contribution in [0, 0.1) is 5.82 Å². The maximum absolute atomic E-state index is 13.2. The number of nitrogens with zero attached hydrogens (tertiary/aromatic N) is 3. The van der Waals surface area contributed by atoms with E-state index in [-0.39, 0.29) is 11.9 Å². The van der Waals surface area contributed by atoms with Crippen molar-refractivity contribution >= 4 is 27.4 Å². The van der Waals surface area contributed by atoms with Crippen LogP contribution in [0.5, 0.6) is 0 Å². The minimum Gasteiger partial charge on any atom is -0.338 e. The van der Waals surface area contributed by atoms with Gasteiger partial charge in [-0.2, -0.15) is 4.98 Å². The van der Waals surface area contributed by atoms with Crippen molar-refractivity contribution in [3.63, 3.8) is 0 Å². The molecule has 0 bridgehead atoms. The van der Waals surface area contributed by atoms with Crippen LogP contribution in [0.25, 0.3) is 20.8 Å². The van der Waals surface area contributed by atoms with Crippen LogP contribution in [0.1, 0.15) is 6.42 Å². The predicted molar refractivity (Wildman–Crippen MR) is 82.0 cm³/mol. The fraction of sp³-hybridized carbons (Fsp3) is 0.286. The average Bonchev–Trinajstić information content (AvgIpc) is 3.14. The summed E-state index contributed by atoms with van der Waals surface area (Å²) in [6, 6.07) is 6.98. The highest BCUT2D eigenvalue weighted by Crippen LogP contribution is 2.32. The molecule has 0 amide bonds. The van der Waals surface area contributed by atoms with Crippen LogP contribution in [-0.4, -0.2) is 34.3 Å². The second-order valence-corrected chi connectivity index (χ2v) is 6.36. The molecule has 0 radical (unpaired) electrons. The van der Waals surface area contributed by atoms with Crippen LogP contribution in [0.15, 0.2) is 24.3 Å². The van der Waals surface area contributed by atoms with Gasteiger partial charge in [0, 0.05) is 23.8 Å². The largest absolute Gasteiger partial charge is 0.338 e. The van der Waals surface area contributed by atoms with Gasteiger partial charge in [0.15, 0.2) is 5.82 Å². The fourth-order valence-corrected chi connectivity index (χ4v) is 3.62. The number of aromatic amines is 1. The molecule has 1 aliphatic rings. The molecular formula is C14H14FN5S. The minimum atomic E-state index is -0.222. The number of halogens is 1. The quantitative estimate of drug-likeness (QED) is 0.762. The van der Waals surface area contributed by atoms with Gasteiger partial charge in [-0.15, -0.1) is 16.4 Å². The molecule has 0 aliphatic carbocycles. The number of thiophene rings is 1. The van der Waals surface area contributed by atoms with Gasteiger partial charge in [-0.05, 0) is 30.0 Å². The molecule has 21 heavy (non-hydrogen) atoms. The Labute approximate surface area is 124 Å². The Hall–Kier alpha value is -1.99. The topological polar surface area (TPSA) is 70.8 Å². The number of fused-ring (bicyclic) bond motifs is 1. The van der Waals surface area contributed by atoms with E-state index in [0.717, 1.165) is 34.5 Å². The van der Waals surface area contributed by atoms with E-state index >= 15 is 0 Å². The molecule has 108 valence electrons. The molecule has 1 aromatic carbocycles. The number of hydrogen-bond donors (Lipinski definition) is 2. The summed E-state index contributed by atoms with van der Waals surface area (Å²) in [7, 11) is 0. The molecule has 4 rings (SSSR count). The zero-order valence-corrected chi connectivity index (χ0v) is 12.0. The summed E-state index contributed by atoms with van der Waals surface area (Å²) in [6.07, 6.45) is 0.964. The molecule has 3 heterocycles. The van der Waals surface area contributed by atoms with Crippen LogP contribution >= 0.6 is 11.3 Å². The molecule has 0 saturated carbocycles. The summed E-state index contributed by atoms with van der Waals surface area (Å²) in [5.74, 6) is 1.17. The van der Waals surface area contributed by atoms with E-state index < -0.39 is 0 Å². The molecule has 3 N–H and O–H groups in total. The van der Waals surface area contributed by atoms with E-state index in [2.05, 4.69) is 20.1 Å². The fourth-order valence-electron chi connectivity index (χ4n) is 2.60. The molecule has 1 aliphatic heterocycles. The summed E-state index contributed by atoms with van der Waals surface area (Å²) >= 11 is 1.50. The summed E-state index contributed by atoms with van der Waals surface area (Å²) in [5.41, 5.74) is 5.90. The SMILES string of the molecule is NC1CCN(c2n[nH]c(-c3cc4ccc(F)cc4s3)n2)C1. The van der Waals surface area contributed by atoms with Crippen LogP contribution < -0.4 is 10.6 Å². The lowest BCUT2D eigenvalue weighted by Crippen LogP contribution is -2.26. The van der Waals surface area contributed by atoms with Gasteiger partial charge in [-0.1, -0.05) is 6.07 Å². The van der Waals surface area contributed by atoms with Crippen molar-refractivity contribution < 1.29 is 4.39 Å². The lowest BCUT2D eigenvalue weighted by molar-refractivity contribution is 0.630. The smallest absolute Gasteiger partial charge is 0.245 e. The minimum absolute atomic E-state index is 0.194. The number of rotatable bonds is 2. The molecule has 0 spiro atoms. The van der Waals surface area contributed by atoms with Crippen molar-refractivity contribution in [2.75, 3.05) is 18.0 Å². The highest BCUT2D eigenvalue weighted by atomic mass is 32.1. The second kappa shape index (κ2) is 4.78. The van der Waals surface area contributed by atoms with Gasteiger partial charge < -0.3 is 10.6 Å². The Kier molecular flexibility index (Phi) is 2.90. The van der Waals surface area contributed by atoms with Crippen molar-refractivity contribution in [2.45, 2.75) is 12.5 Å². The van der Waals surface area contributed by atoms with E-state index in [1.54, 1.807) is 12.1 Å². The van der Waals surface area contributed by atoms with E-state index in [9.17, 15) is 4.39 Å². The summed E-state index contributed by atoms with van der Waals surface area (Å²) < 4.78 is 14.2. The first kappa shape index (κ1) is 12.7. The molecule has 1 unspecified atom stereocenters. The van der Waals surface area contributed by atoms with Crippen molar-refractivity contribution in [3.8, 4) is 10.7 Å². The Morgan fingerprint density at radius 1 is 1.38 bits per heavy atom. The normalized spacial score (nSPS) is 18.8. The number of nitrogens with one attached hydrogen (secondary N) is 1. The van der Waals surface area contributed by atoms with E-state index in [4.69, 9.17) is 5.73 Å². The summed E-state index contributed by atoms with van der Waals surface area (Å²) in [6.45, 7) is 1.67. The molecule has 1 saturated heterocycles. The zero-order valence-electron chi connectivity index (χ0n) is 11.2. The first-order valence-electron chi connectivity index (χ1n) is 6.81. The maximum Gasteiger partial charge on any atom is 0.245 e. The lowest BCUT2D eigenvalue weighted by atomic mass is 10.2. The van der Waals surface area contributed by atoms with Gasteiger partial charge in [0.1, 0.15) is 5.82 Å². The van der Waals surface area contributed by atoms with Crippen LogP contribution in [0.4, 0.5) is 10.3 Å². The Bertz CT molecular complexity index is 796. The lowest BCUT2D eigenvalue weighted by Gasteiger charge is -2.11. The second-order valence-electron chi connectivity index (χ2n) is 5.27. The maximum atomic E-state index is 13.2. The molecule has 1 fully saturated rings. The van der Waals surface area contributed by atoms with E-state index in [1.807, 2.05) is 6.07 Å². The third-order valence-electron chi connectivity index (χ3n) is 3.70. The third kappa shape index (κ3) is 2.28. The van der Waals surface area contributed by atoms with Crippen molar-refractivity contribution in [1.82, 2.24) is 15.2 Å². The average molecular weight is 303 g/mol. The number of anilines is 1. The van der Waals surface area contributed by atoms with Gasteiger partial charge in [0.25, 0.3) is 0 Å². The Morgan fingerprint density at radius 2 is 2.29 bits per heavy atom. The van der Waals surface area contributed by atoms with Gasteiger partial charge in [0.2, 0.25) is 5.95 Å². The number of H-pyrrole nitrogens is 1. The van der Waals surface area contributed by atoms with Crippen LogP contribution in [0.3, 0.4) is 0 Å². The van der Waals surface area contributed by atoms with Crippen LogP contribution in [-0.2, 0) is 0 Å². The molecule has 2 aromatic heterocycles. The zero-order chi connectivity index (χ0) is 14.4. The number of benzene rings is 1. The van der Waals surface area contributed by atoms with Gasteiger partial charge in [-0.25, -0.2) is 4.39 Å². The van der Waals surface area contributed by atoms with Crippen LogP contribution in [0.2, 0.25) is 0 Å². The first-order chi connectivity index (χ1) is 10.2. The van der Waals surface area contributed by atoms with Gasteiger partial charge in [-0.3, -0.25) is 5.10 Å². The number of nitrogens with two attached hydrogens (primary N) is 1. The van der Waals surface area contributed by atoms with Gasteiger partial charge >= 0.3 is 0 Å². The number of hydrogen-bond acceptors (Lipinski definition) is 5. The first-order valence-corrected chi connectivity index (χ1v) is 7.63. The molecule has 7 heteroatoms. The predicted octanol–water partition coefficient (Wildman–Crippen LogP) is 2.36. The van der Waals surface area contributed by atoms with Crippen molar-refractivity contribution in [2.24, 2.45) is 5.73 Å². The Morgan fingerprint density at radius 3 is 3.10 bits per heavy atom.